The van der Waals surface area contributed by atoms with Gasteiger partial charge in [-0.05, 0) is 44.1 Å². The molecule has 0 aliphatic carbocycles. The lowest BCUT2D eigenvalue weighted by molar-refractivity contribution is -0.123. The lowest BCUT2D eigenvalue weighted by Gasteiger charge is -2.29. The molecule has 0 spiro atoms. The quantitative estimate of drug-likeness (QED) is 0.724. The highest BCUT2D eigenvalue weighted by Gasteiger charge is 2.24. The van der Waals surface area contributed by atoms with Crippen molar-refractivity contribution in [1.29, 1.82) is 0 Å². The molecule has 2 amide bonds. The molecule has 114 valence electrons. The molecule has 0 radical (unpaired) electrons. The van der Waals surface area contributed by atoms with E-state index in [1.54, 1.807) is 18.2 Å². The van der Waals surface area contributed by atoms with E-state index in [2.05, 4.69) is 5.32 Å². The van der Waals surface area contributed by atoms with Gasteiger partial charge in [0.05, 0.1) is 17.9 Å². The number of hydrogen-bond acceptors (Lipinski definition) is 4. The number of anilines is 2. The first-order chi connectivity index (χ1) is 9.95. The first kappa shape index (κ1) is 15.6. The fourth-order valence-electron chi connectivity index (χ4n) is 2.42. The van der Waals surface area contributed by atoms with Crippen LogP contribution < -0.4 is 16.8 Å². The molecule has 1 heterocycles. The Labute approximate surface area is 128 Å². The molecule has 7 heteroatoms. The van der Waals surface area contributed by atoms with Gasteiger partial charge in [-0.25, -0.2) is 0 Å². The van der Waals surface area contributed by atoms with Crippen molar-refractivity contribution in [3.8, 4) is 0 Å². The van der Waals surface area contributed by atoms with Gasteiger partial charge in [0.2, 0.25) is 11.8 Å². The number of piperidine rings is 1. The summed E-state index contributed by atoms with van der Waals surface area (Å²) in [6, 6.07) is 4.94. The van der Waals surface area contributed by atoms with Crippen LogP contribution in [0.15, 0.2) is 18.2 Å². The van der Waals surface area contributed by atoms with Crippen LogP contribution >= 0.6 is 11.6 Å². The highest BCUT2D eigenvalue weighted by atomic mass is 35.5. The molecule has 1 aliphatic rings. The molecule has 5 N–H and O–H groups in total. The molecule has 1 aromatic carbocycles. The third kappa shape index (κ3) is 4.34. The first-order valence-electron chi connectivity index (χ1n) is 6.82. The number of nitrogens with two attached hydrogens (primary N) is 2. The third-order valence-electron chi connectivity index (χ3n) is 3.64. The number of amides is 2. The molecule has 1 aromatic rings. The first-order valence-corrected chi connectivity index (χ1v) is 7.20. The molecular formula is C14H19ClN4O2. The molecular weight excluding hydrogens is 292 g/mol. The maximum absolute atomic E-state index is 12.0. The molecule has 0 unspecified atom stereocenters. The van der Waals surface area contributed by atoms with Gasteiger partial charge < -0.3 is 16.8 Å². The van der Waals surface area contributed by atoms with Crippen LogP contribution in [0.3, 0.4) is 0 Å². The number of carbonyl (C=O) groups excluding carboxylic acids is 2. The maximum atomic E-state index is 12.0. The number of primary amides is 1. The van der Waals surface area contributed by atoms with Gasteiger partial charge in [-0.1, -0.05) is 11.6 Å². The number of carbonyl (C=O) groups is 2. The Bertz CT molecular complexity index is 542. The highest BCUT2D eigenvalue weighted by molar-refractivity contribution is 6.31. The zero-order valence-corrected chi connectivity index (χ0v) is 12.4. The van der Waals surface area contributed by atoms with Gasteiger partial charge in [0.25, 0.3) is 0 Å². The Morgan fingerprint density at radius 1 is 1.33 bits per heavy atom. The number of hydrogen-bond donors (Lipinski definition) is 3. The predicted octanol–water partition coefficient (Wildman–Crippen LogP) is 1.06. The fourth-order valence-corrected chi connectivity index (χ4v) is 2.60. The van der Waals surface area contributed by atoms with Gasteiger partial charge in [0.1, 0.15) is 0 Å². The van der Waals surface area contributed by atoms with Gasteiger partial charge in [-0.15, -0.1) is 0 Å². The number of benzene rings is 1. The Kier molecular flexibility index (Phi) is 5.03. The molecule has 0 aromatic heterocycles. The standard InChI is InChI=1S/C14H19ClN4O2/c15-10-1-2-12(11(16)7-10)18-13(20)8-19-5-3-9(4-6-19)14(17)21/h1-2,7,9H,3-6,8,16H2,(H2,17,21)(H,18,20). The number of nitrogens with one attached hydrogen (secondary N) is 1. The average molecular weight is 311 g/mol. The Balaban J connectivity index is 1.84. The van der Waals surface area contributed by atoms with E-state index in [1.807, 2.05) is 4.90 Å². The van der Waals surface area contributed by atoms with Crippen LogP contribution in [0.1, 0.15) is 12.8 Å². The van der Waals surface area contributed by atoms with E-state index in [-0.39, 0.29) is 24.3 Å². The zero-order chi connectivity index (χ0) is 15.4. The summed E-state index contributed by atoms with van der Waals surface area (Å²) in [5.74, 6) is -0.467. The zero-order valence-electron chi connectivity index (χ0n) is 11.6. The summed E-state index contributed by atoms with van der Waals surface area (Å²) in [5.41, 5.74) is 12.1. The minimum absolute atomic E-state index is 0.0729. The Morgan fingerprint density at radius 2 is 2.00 bits per heavy atom. The number of likely N-dealkylation sites (tertiary alicyclic amines) is 1. The van der Waals surface area contributed by atoms with Crippen LogP contribution in [0.5, 0.6) is 0 Å². The van der Waals surface area contributed by atoms with Gasteiger partial charge in [0.15, 0.2) is 0 Å². The van der Waals surface area contributed by atoms with Crippen LogP contribution in [0, 0.1) is 5.92 Å². The molecule has 0 bridgehead atoms. The second kappa shape index (κ2) is 6.78. The minimum atomic E-state index is -0.256. The van der Waals surface area contributed by atoms with Crippen molar-refractivity contribution >= 4 is 34.8 Å². The number of halogens is 1. The minimum Gasteiger partial charge on any atom is -0.397 e. The van der Waals surface area contributed by atoms with Crippen molar-refractivity contribution in [2.24, 2.45) is 11.7 Å². The van der Waals surface area contributed by atoms with Gasteiger partial charge in [0, 0.05) is 10.9 Å². The van der Waals surface area contributed by atoms with E-state index in [0.29, 0.717) is 42.3 Å². The van der Waals surface area contributed by atoms with Crippen molar-refractivity contribution in [2.45, 2.75) is 12.8 Å². The number of rotatable bonds is 4. The lowest BCUT2D eigenvalue weighted by atomic mass is 9.96. The summed E-state index contributed by atoms with van der Waals surface area (Å²) < 4.78 is 0. The van der Waals surface area contributed by atoms with E-state index in [4.69, 9.17) is 23.1 Å². The topological polar surface area (TPSA) is 101 Å². The smallest absolute Gasteiger partial charge is 0.238 e. The normalized spacial score (nSPS) is 16.6. The van der Waals surface area contributed by atoms with Crippen molar-refractivity contribution in [1.82, 2.24) is 4.90 Å². The second-order valence-corrected chi connectivity index (χ2v) is 5.67. The number of nitrogen functional groups attached to an aromatic ring is 1. The largest absolute Gasteiger partial charge is 0.397 e. The molecule has 0 atom stereocenters. The van der Waals surface area contributed by atoms with Crippen LogP contribution in [0.4, 0.5) is 11.4 Å². The Morgan fingerprint density at radius 3 is 2.57 bits per heavy atom. The SMILES string of the molecule is NC(=O)C1CCN(CC(=O)Nc2ccc(Cl)cc2N)CC1. The van der Waals surface area contributed by atoms with E-state index in [1.165, 1.54) is 0 Å². The highest BCUT2D eigenvalue weighted by Crippen LogP contribution is 2.23. The predicted molar refractivity (Wildman–Crippen MR) is 82.9 cm³/mol. The van der Waals surface area contributed by atoms with Gasteiger partial charge >= 0.3 is 0 Å². The van der Waals surface area contributed by atoms with Crippen molar-refractivity contribution in [3.63, 3.8) is 0 Å². The molecule has 0 saturated carbocycles. The molecule has 1 saturated heterocycles. The van der Waals surface area contributed by atoms with E-state index >= 15 is 0 Å². The fraction of sp³-hybridized carbons (Fsp3) is 0.429. The van der Waals surface area contributed by atoms with Crippen LogP contribution in [-0.4, -0.2) is 36.3 Å². The second-order valence-electron chi connectivity index (χ2n) is 5.23. The molecule has 1 aliphatic heterocycles. The van der Waals surface area contributed by atoms with Gasteiger partial charge in [-0.2, -0.15) is 0 Å². The molecule has 21 heavy (non-hydrogen) atoms. The summed E-state index contributed by atoms with van der Waals surface area (Å²) in [5, 5.41) is 3.29. The maximum Gasteiger partial charge on any atom is 0.238 e. The molecule has 6 nitrogen and oxygen atoms in total. The van der Waals surface area contributed by atoms with E-state index < -0.39 is 0 Å². The van der Waals surface area contributed by atoms with Crippen molar-refractivity contribution in [2.75, 3.05) is 30.7 Å². The third-order valence-corrected chi connectivity index (χ3v) is 3.88. The Hall–Kier alpha value is -1.79. The monoisotopic (exact) mass is 310 g/mol. The molecule has 1 fully saturated rings. The summed E-state index contributed by atoms with van der Waals surface area (Å²) in [4.78, 5) is 25.1. The average Bonchev–Trinajstić information content (AvgIpc) is 2.42. The van der Waals surface area contributed by atoms with Gasteiger partial charge in [-0.3, -0.25) is 14.5 Å². The van der Waals surface area contributed by atoms with E-state index in [0.717, 1.165) is 0 Å². The summed E-state index contributed by atoms with van der Waals surface area (Å²) in [7, 11) is 0. The van der Waals surface area contributed by atoms with Crippen LogP contribution in [0.25, 0.3) is 0 Å². The number of nitrogens with zero attached hydrogens (tertiary/aromatic N) is 1. The van der Waals surface area contributed by atoms with Crippen molar-refractivity contribution < 1.29 is 9.59 Å². The summed E-state index contributed by atoms with van der Waals surface area (Å²) in [6.07, 6.45) is 1.40. The van der Waals surface area contributed by atoms with Crippen molar-refractivity contribution in [3.05, 3.63) is 23.2 Å². The molecule has 2 rings (SSSR count). The summed E-state index contributed by atoms with van der Waals surface area (Å²) >= 11 is 5.81. The van der Waals surface area contributed by atoms with Crippen LogP contribution in [-0.2, 0) is 9.59 Å². The lowest BCUT2D eigenvalue weighted by Crippen LogP contribution is -2.42. The van der Waals surface area contributed by atoms with Crippen LogP contribution in [0.2, 0.25) is 5.02 Å². The van der Waals surface area contributed by atoms with E-state index in [9.17, 15) is 9.59 Å². The summed E-state index contributed by atoms with van der Waals surface area (Å²) in [6.45, 7) is 1.65.